The monoisotopic (exact) mass is 759 g/mol. The highest BCUT2D eigenvalue weighted by molar-refractivity contribution is 6.01. The number of hydrogen-bond acceptors (Lipinski definition) is 10. The van der Waals surface area contributed by atoms with Gasteiger partial charge in [-0.25, -0.2) is 14.8 Å². The maximum absolute atomic E-state index is 13.5. The fourth-order valence-corrected chi connectivity index (χ4v) is 9.62. The number of carbonyl (C=O) groups excluding carboxylic acids is 3. The molecule has 1 aliphatic carbocycles. The molecule has 5 aromatic rings. The van der Waals surface area contributed by atoms with Crippen LogP contribution in [-0.2, 0) is 16.6 Å². The molecule has 292 valence electrons. The summed E-state index contributed by atoms with van der Waals surface area (Å²) in [6.45, 7) is 3.70. The smallest absolute Gasteiger partial charge is 0.329 e. The van der Waals surface area contributed by atoms with Gasteiger partial charge in [-0.05, 0) is 80.7 Å². The van der Waals surface area contributed by atoms with Crippen LogP contribution in [0.2, 0.25) is 0 Å². The maximum Gasteiger partial charge on any atom is 0.329 e. The first-order chi connectivity index (χ1) is 27.1. The number of benzene rings is 1. The standard InChI is InChI=1S/C41H49N11O4/c1-47(2)38(55)32-23-26-24-43-39(46-36(26)51(32)27-7-4-5-8-27)44-33-13-11-28(25-42-33)49-19-15-41(16-20-49)17-21-50(22-18-41)29-9-6-10-30-35(29)48(3)40(56)52(30)31-12-14-34(53)45-37(31)54/h6,9-11,13,23-25,27,31H,4-5,7-8,12,14-22H2,1-3H3,(H,45,53,54)(H,42,43,44,46)/t31-/m0/s1. The van der Waals surface area contributed by atoms with Crippen LogP contribution in [0.5, 0.6) is 0 Å². The molecule has 1 spiro atoms. The molecule has 1 aromatic carbocycles. The van der Waals surface area contributed by atoms with Crippen molar-refractivity contribution >= 4 is 62.9 Å². The fourth-order valence-electron chi connectivity index (χ4n) is 9.62. The molecule has 0 bridgehead atoms. The number of hydrogen-bond donors (Lipinski definition) is 2. The minimum Gasteiger partial charge on any atom is -0.370 e. The van der Waals surface area contributed by atoms with E-state index in [0.29, 0.717) is 23.9 Å². The van der Waals surface area contributed by atoms with Gasteiger partial charge in [-0.3, -0.25) is 28.8 Å². The molecular weight excluding hydrogens is 711 g/mol. The fraction of sp³-hybridized carbons (Fsp3) is 0.488. The molecule has 4 fully saturated rings. The first-order valence-corrected chi connectivity index (χ1v) is 20.0. The number of amides is 3. The molecule has 56 heavy (non-hydrogen) atoms. The van der Waals surface area contributed by atoms with E-state index in [4.69, 9.17) is 9.97 Å². The summed E-state index contributed by atoms with van der Waals surface area (Å²) in [5.74, 6) is 0.378. The van der Waals surface area contributed by atoms with E-state index in [9.17, 15) is 19.2 Å². The van der Waals surface area contributed by atoms with Crippen LogP contribution < -0.4 is 26.1 Å². The zero-order valence-electron chi connectivity index (χ0n) is 32.3. The van der Waals surface area contributed by atoms with Crippen molar-refractivity contribution in [3.63, 3.8) is 0 Å². The minimum absolute atomic E-state index is 0.0285. The van der Waals surface area contributed by atoms with Crippen molar-refractivity contribution in [1.82, 2.24) is 38.9 Å². The number of pyridine rings is 1. The van der Waals surface area contributed by atoms with Crippen LogP contribution in [0, 0.1) is 5.41 Å². The van der Waals surface area contributed by atoms with E-state index < -0.39 is 11.9 Å². The van der Waals surface area contributed by atoms with Gasteiger partial charge in [0.2, 0.25) is 17.8 Å². The molecule has 4 aromatic heterocycles. The van der Waals surface area contributed by atoms with Gasteiger partial charge < -0.3 is 24.6 Å². The van der Waals surface area contributed by atoms with Gasteiger partial charge in [-0.15, -0.1) is 0 Å². The molecule has 15 heteroatoms. The highest BCUT2D eigenvalue weighted by atomic mass is 16.2. The summed E-state index contributed by atoms with van der Waals surface area (Å²) in [4.78, 5) is 71.7. The lowest BCUT2D eigenvalue weighted by molar-refractivity contribution is -0.135. The number of rotatable bonds is 7. The zero-order chi connectivity index (χ0) is 38.7. The number of aryl methyl sites for hydroxylation is 1. The van der Waals surface area contributed by atoms with Gasteiger partial charge in [-0.1, -0.05) is 18.9 Å². The van der Waals surface area contributed by atoms with E-state index in [1.165, 1.54) is 0 Å². The second kappa shape index (κ2) is 14.1. The molecule has 3 aliphatic heterocycles. The molecule has 0 radical (unpaired) electrons. The quantitative estimate of drug-likeness (QED) is 0.219. The van der Waals surface area contributed by atoms with E-state index in [-0.39, 0.29) is 35.4 Å². The number of anilines is 4. The third-order valence-electron chi connectivity index (χ3n) is 12.8. The first kappa shape index (κ1) is 35.9. The van der Waals surface area contributed by atoms with E-state index in [0.717, 1.165) is 111 Å². The predicted molar refractivity (Wildman–Crippen MR) is 214 cm³/mol. The largest absolute Gasteiger partial charge is 0.370 e. The summed E-state index contributed by atoms with van der Waals surface area (Å²) in [5, 5.41) is 6.55. The Hall–Kier alpha value is -5.73. The molecule has 1 atom stereocenters. The number of nitrogens with zero attached hydrogens (tertiary/aromatic N) is 9. The number of piperidine rings is 3. The van der Waals surface area contributed by atoms with Gasteiger partial charge in [0.15, 0.2) is 0 Å². The zero-order valence-corrected chi connectivity index (χ0v) is 32.3. The number of nitrogens with one attached hydrogen (secondary N) is 2. The Morgan fingerprint density at radius 2 is 1.62 bits per heavy atom. The lowest BCUT2D eigenvalue weighted by Gasteiger charge is -2.48. The van der Waals surface area contributed by atoms with Crippen LogP contribution >= 0.6 is 0 Å². The van der Waals surface area contributed by atoms with Crippen molar-refractivity contribution in [2.75, 3.05) is 55.4 Å². The Morgan fingerprint density at radius 1 is 0.893 bits per heavy atom. The second-order valence-corrected chi connectivity index (χ2v) is 16.3. The number of imide groups is 1. The molecule has 0 unspecified atom stereocenters. The van der Waals surface area contributed by atoms with Crippen LogP contribution in [0.25, 0.3) is 22.1 Å². The molecule has 1 saturated carbocycles. The van der Waals surface area contributed by atoms with Gasteiger partial charge >= 0.3 is 5.69 Å². The third kappa shape index (κ3) is 6.26. The van der Waals surface area contributed by atoms with E-state index in [1.54, 1.807) is 41.4 Å². The van der Waals surface area contributed by atoms with E-state index in [2.05, 4.69) is 42.1 Å². The van der Waals surface area contributed by atoms with Crippen LogP contribution in [0.1, 0.15) is 86.8 Å². The average molecular weight is 760 g/mol. The number of aromatic nitrogens is 6. The summed E-state index contributed by atoms with van der Waals surface area (Å²) in [5.41, 5.74) is 5.11. The maximum atomic E-state index is 13.5. The number of carbonyl (C=O) groups is 3. The normalized spacial score (nSPS) is 20.3. The number of fused-ring (bicyclic) bond motifs is 2. The molecular formula is C41H49N11O4. The van der Waals surface area contributed by atoms with Crippen molar-refractivity contribution in [1.29, 1.82) is 0 Å². The average Bonchev–Trinajstić information content (AvgIpc) is 3.93. The topological polar surface area (TPSA) is 156 Å². The highest BCUT2D eigenvalue weighted by Crippen LogP contribution is 2.44. The van der Waals surface area contributed by atoms with Crippen LogP contribution in [0.3, 0.4) is 0 Å². The molecule has 3 saturated heterocycles. The highest BCUT2D eigenvalue weighted by Gasteiger charge is 2.39. The van der Waals surface area contributed by atoms with E-state index >= 15 is 0 Å². The van der Waals surface area contributed by atoms with Crippen molar-refractivity contribution in [2.45, 2.75) is 76.3 Å². The SMILES string of the molecule is CN(C)C(=O)c1cc2cnc(Nc3ccc(N4CCC5(CC4)CCN(c4cccc6c4n(C)c(=O)n6[C@H]4CCC(=O)NC4=O)CC5)cn3)nc2n1C1CCCC1. The Morgan fingerprint density at radius 3 is 2.30 bits per heavy atom. The second-order valence-electron chi connectivity index (χ2n) is 16.3. The lowest BCUT2D eigenvalue weighted by atomic mass is 9.71. The molecule has 9 rings (SSSR count). The van der Waals surface area contributed by atoms with Gasteiger partial charge in [-0.2, -0.15) is 4.98 Å². The van der Waals surface area contributed by atoms with Gasteiger partial charge in [0, 0.05) is 71.4 Å². The van der Waals surface area contributed by atoms with Crippen LogP contribution in [0.15, 0.2) is 53.6 Å². The van der Waals surface area contributed by atoms with Gasteiger partial charge in [0.25, 0.3) is 5.91 Å². The number of imidazole rings is 1. The predicted octanol–water partition coefficient (Wildman–Crippen LogP) is 4.90. The Labute approximate surface area is 324 Å². The molecule has 4 aliphatic rings. The van der Waals surface area contributed by atoms with Crippen molar-refractivity contribution in [2.24, 2.45) is 12.5 Å². The Kier molecular flexibility index (Phi) is 9.04. The van der Waals surface area contributed by atoms with Gasteiger partial charge in [0.1, 0.15) is 23.2 Å². The molecule has 3 amide bonds. The molecule has 2 N–H and O–H groups in total. The number of para-hydroxylation sites is 1. The van der Waals surface area contributed by atoms with Gasteiger partial charge in [0.05, 0.1) is 28.6 Å². The van der Waals surface area contributed by atoms with Crippen molar-refractivity contribution in [3.05, 3.63) is 65.0 Å². The Bertz CT molecular complexity index is 2390. The summed E-state index contributed by atoms with van der Waals surface area (Å²) < 4.78 is 5.33. The first-order valence-electron chi connectivity index (χ1n) is 20.0. The minimum atomic E-state index is -0.698. The molecule has 15 nitrogen and oxygen atoms in total. The van der Waals surface area contributed by atoms with Crippen molar-refractivity contribution in [3.8, 4) is 0 Å². The summed E-state index contributed by atoms with van der Waals surface area (Å²) >= 11 is 0. The van der Waals surface area contributed by atoms with Crippen molar-refractivity contribution < 1.29 is 14.4 Å². The summed E-state index contributed by atoms with van der Waals surface area (Å²) in [6.07, 6.45) is 12.9. The summed E-state index contributed by atoms with van der Waals surface area (Å²) in [6, 6.07) is 11.5. The van der Waals surface area contributed by atoms with E-state index in [1.807, 2.05) is 30.5 Å². The Balaban J connectivity index is 0.845. The van der Waals surface area contributed by atoms with Crippen LogP contribution in [0.4, 0.5) is 23.1 Å². The lowest BCUT2D eigenvalue weighted by Crippen LogP contribution is -2.47. The third-order valence-corrected chi connectivity index (χ3v) is 12.8. The summed E-state index contributed by atoms with van der Waals surface area (Å²) in [7, 11) is 5.33. The van der Waals surface area contributed by atoms with Crippen LogP contribution in [-0.4, -0.2) is 91.5 Å². The molecule has 7 heterocycles.